The normalized spacial score (nSPS) is 18.6. The molecule has 0 spiro atoms. The molecule has 1 unspecified atom stereocenters. The van der Waals surface area contributed by atoms with Crippen LogP contribution in [0.2, 0.25) is 0 Å². The van der Waals surface area contributed by atoms with Crippen LogP contribution in [-0.4, -0.2) is 32.1 Å². The van der Waals surface area contributed by atoms with Crippen LogP contribution in [0.15, 0.2) is 12.2 Å². The van der Waals surface area contributed by atoms with Gasteiger partial charge in [-0.25, -0.2) is 0 Å². The molecule has 2 amide bonds. The van der Waals surface area contributed by atoms with Crippen LogP contribution >= 0.6 is 11.3 Å². The van der Waals surface area contributed by atoms with Crippen LogP contribution in [0, 0.1) is 5.92 Å². The standard InChI is InChI=1S/C20H28N2O3S/c1-25-12-6-11-21-19(24)18-15-9-4-5-10-16(15)26-20(18)22-17(23)13-14-7-2-3-8-14/h2,7,14H,3-6,8-13H2,1H3,(H,21,24)(H,22,23). The van der Waals surface area contributed by atoms with Crippen molar-refractivity contribution in [1.29, 1.82) is 0 Å². The topological polar surface area (TPSA) is 67.4 Å². The fraction of sp³-hybridized carbons (Fsp3) is 0.600. The number of aryl methyl sites for hydroxylation is 1. The van der Waals surface area contributed by atoms with Gasteiger partial charge in [0, 0.05) is 31.6 Å². The Kier molecular flexibility index (Phi) is 6.86. The molecule has 2 aliphatic rings. The summed E-state index contributed by atoms with van der Waals surface area (Å²) in [7, 11) is 1.66. The van der Waals surface area contributed by atoms with Gasteiger partial charge in [-0.3, -0.25) is 9.59 Å². The zero-order valence-corrected chi connectivity index (χ0v) is 16.3. The van der Waals surface area contributed by atoms with Gasteiger partial charge in [-0.15, -0.1) is 11.3 Å². The summed E-state index contributed by atoms with van der Waals surface area (Å²) in [5.74, 6) is 0.265. The van der Waals surface area contributed by atoms with Crippen LogP contribution < -0.4 is 10.6 Å². The zero-order valence-electron chi connectivity index (χ0n) is 15.4. The second-order valence-electron chi connectivity index (χ2n) is 7.04. The number of anilines is 1. The van der Waals surface area contributed by atoms with E-state index in [1.165, 1.54) is 4.88 Å². The van der Waals surface area contributed by atoms with E-state index in [4.69, 9.17) is 4.74 Å². The lowest BCUT2D eigenvalue weighted by Crippen LogP contribution is -2.27. The Bertz CT molecular complexity index is 681. The van der Waals surface area contributed by atoms with Gasteiger partial charge < -0.3 is 15.4 Å². The molecule has 2 aliphatic carbocycles. The molecule has 142 valence electrons. The van der Waals surface area contributed by atoms with Crippen molar-refractivity contribution < 1.29 is 14.3 Å². The zero-order chi connectivity index (χ0) is 18.4. The lowest BCUT2D eigenvalue weighted by molar-refractivity contribution is -0.116. The van der Waals surface area contributed by atoms with Gasteiger partial charge >= 0.3 is 0 Å². The number of thiophene rings is 1. The summed E-state index contributed by atoms with van der Waals surface area (Å²) in [5.41, 5.74) is 1.83. The Morgan fingerprint density at radius 1 is 1.31 bits per heavy atom. The first-order chi connectivity index (χ1) is 12.7. The Morgan fingerprint density at radius 2 is 2.15 bits per heavy atom. The Balaban J connectivity index is 1.71. The molecular formula is C20H28N2O3S. The maximum atomic E-state index is 12.8. The van der Waals surface area contributed by atoms with Gasteiger partial charge in [0.2, 0.25) is 5.91 Å². The first kappa shape index (κ1) is 19.1. The summed E-state index contributed by atoms with van der Waals surface area (Å²) < 4.78 is 5.03. The van der Waals surface area contributed by atoms with E-state index >= 15 is 0 Å². The third-order valence-corrected chi connectivity index (χ3v) is 6.23. The number of carbonyl (C=O) groups is 2. The maximum absolute atomic E-state index is 12.8. The highest BCUT2D eigenvalue weighted by Gasteiger charge is 2.26. The second kappa shape index (κ2) is 9.33. The number of hydrogen-bond acceptors (Lipinski definition) is 4. The molecule has 0 aliphatic heterocycles. The molecule has 0 fully saturated rings. The van der Waals surface area contributed by atoms with E-state index in [2.05, 4.69) is 22.8 Å². The van der Waals surface area contributed by atoms with E-state index in [1.54, 1.807) is 18.4 Å². The molecule has 2 N–H and O–H groups in total. The molecule has 26 heavy (non-hydrogen) atoms. The number of allylic oxidation sites excluding steroid dienone is 2. The van der Waals surface area contributed by atoms with E-state index in [-0.39, 0.29) is 11.8 Å². The predicted molar refractivity (Wildman–Crippen MR) is 105 cm³/mol. The molecule has 1 aromatic rings. The minimum atomic E-state index is -0.0726. The number of nitrogens with one attached hydrogen (secondary N) is 2. The van der Waals surface area contributed by atoms with Crippen LogP contribution in [0.4, 0.5) is 5.00 Å². The van der Waals surface area contributed by atoms with Gasteiger partial charge in [-0.05, 0) is 56.4 Å². The third-order valence-electron chi connectivity index (χ3n) is 5.02. The van der Waals surface area contributed by atoms with E-state index in [0.29, 0.717) is 31.1 Å². The summed E-state index contributed by atoms with van der Waals surface area (Å²) in [5, 5.41) is 6.75. The van der Waals surface area contributed by atoms with Crippen molar-refractivity contribution in [1.82, 2.24) is 5.32 Å². The van der Waals surface area contributed by atoms with E-state index in [0.717, 1.165) is 55.5 Å². The fourth-order valence-electron chi connectivity index (χ4n) is 3.68. The largest absolute Gasteiger partial charge is 0.385 e. The molecule has 0 radical (unpaired) electrons. The van der Waals surface area contributed by atoms with Crippen molar-refractivity contribution in [2.45, 2.75) is 51.4 Å². The van der Waals surface area contributed by atoms with Gasteiger partial charge in [-0.1, -0.05) is 12.2 Å². The van der Waals surface area contributed by atoms with Crippen molar-refractivity contribution in [3.63, 3.8) is 0 Å². The molecule has 5 nitrogen and oxygen atoms in total. The van der Waals surface area contributed by atoms with Crippen LogP contribution in [0.25, 0.3) is 0 Å². The second-order valence-corrected chi connectivity index (χ2v) is 8.14. The van der Waals surface area contributed by atoms with Crippen molar-refractivity contribution in [3.8, 4) is 0 Å². The lowest BCUT2D eigenvalue weighted by atomic mass is 9.95. The molecule has 1 heterocycles. The van der Waals surface area contributed by atoms with E-state index in [9.17, 15) is 9.59 Å². The molecule has 1 aromatic heterocycles. The van der Waals surface area contributed by atoms with Gasteiger partial charge in [0.1, 0.15) is 5.00 Å². The number of ether oxygens (including phenoxy) is 1. The first-order valence-corrected chi connectivity index (χ1v) is 10.4. The van der Waals surface area contributed by atoms with E-state index < -0.39 is 0 Å². The molecule has 0 saturated heterocycles. The number of amides is 2. The molecule has 6 heteroatoms. The highest BCUT2D eigenvalue weighted by atomic mass is 32.1. The highest BCUT2D eigenvalue weighted by Crippen LogP contribution is 2.38. The summed E-state index contributed by atoms with van der Waals surface area (Å²) >= 11 is 1.58. The van der Waals surface area contributed by atoms with Crippen LogP contribution in [-0.2, 0) is 22.4 Å². The van der Waals surface area contributed by atoms with Crippen LogP contribution in [0.5, 0.6) is 0 Å². The molecule has 3 rings (SSSR count). The Hall–Kier alpha value is -1.66. The fourth-order valence-corrected chi connectivity index (χ4v) is 4.98. The van der Waals surface area contributed by atoms with Crippen LogP contribution in [0.3, 0.4) is 0 Å². The first-order valence-electron chi connectivity index (χ1n) is 9.57. The lowest BCUT2D eigenvalue weighted by Gasteiger charge is -2.13. The smallest absolute Gasteiger partial charge is 0.254 e. The number of rotatable bonds is 8. The summed E-state index contributed by atoms with van der Waals surface area (Å²) in [6, 6.07) is 0. The Morgan fingerprint density at radius 3 is 2.92 bits per heavy atom. The monoisotopic (exact) mass is 376 g/mol. The third kappa shape index (κ3) is 4.74. The van der Waals surface area contributed by atoms with Gasteiger partial charge in [-0.2, -0.15) is 0 Å². The molecular weight excluding hydrogens is 348 g/mol. The maximum Gasteiger partial charge on any atom is 0.254 e. The summed E-state index contributed by atoms with van der Waals surface area (Å²) in [6.07, 6.45) is 11.8. The Labute approximate surface area is 159 Å². The predicted octanol–water partition coefficient (Wildman–Crippen LogP) is 3.69. The minimum absolute atomic E-state index is 0.00794. The van der Waals surface area contributed by atoms with Gasteiger partial charge in [0.05, 0.1) is 5.56 Å². The van der Waals surface area contributed by atoms with Crippen molar-refractivity contribution >= 4 is 28.2 Å². The van der Waals surface area contributed by atoms with Gasteiger partial charge in [0.25, 0.3) is 5.91 Å². The average molecular weight is 377 g/mol. The average Bonchev–Trinajstić information content (AvgIpc) is 3.25. The van der Waals surface area contributed by atoms with Gasteiger partial charge in [0.15, 0.2) is 0 Å². The van der Waals surface area contributed by atoms with E-state index in [1.807, 2.05) is 0 Å². The van der Waals surface area contributed by atoms with Crippen molar-refractivity contribution in [2.75, 3.05) is 25.6 Å². The molecule has 1 atom stereocenters. The molecule has 0 saturated carbocycles. The minimum Gasteiger partial charge on any atom is -0.385 e. The molecule has 0 bridgehead atoms. The van der Waals surface area contributed by atoms with Crippen LogP contribution in [0.1, 0.15) is 59.3 Å². The summed E-state index contributed by atoms with van der Waals surface area (Å²) in [6.45, 7) is 1.21. The quantitative estimate of drug-likeness (QED) is 0.537. The SMILES string of the molecule is COCCCNC(=O)c1c(NC(=O)CC2C=CCC2)sc2c1CCCC2. The molecule has 0 aromatic carbocycles. The van der Waals surface area contributed by atoms with Crippen molar-refractivity contribution in [3.05, 3.63) is 28.2 Å². The number of fused-ring (bicyclic) bond motifs is 1. The highest BCUT2D eigenvalue weighted by molar-refractivity contribution is 7.17. The number of carbonyl (C=O) groups excluding carboxylic acids is 2. The van der Waals surface area contributed by atoms with Crippen molar-refractivity contribution in [2.24, 2.45) is 5.92 Å². The number of hydrogen-bond donors (Lipinski definition) is 2. The number of methoxy groups -OCH3 is 1. The summed E-state index contributed by atoms with van der Waals surface area (Å²) in [4.78, 5) is 26.5.